The lowest BCUT2D eigenvalue weighted by molar-refractivity contribution is -0.139. The third-order valence-corrected chi connectivity index (χ3v) is 6.56. The van der Waals surface area contributed by atoms with Crippen molar-refractivity contribution in [2.24, 2.45) is 4.99 Å². The largest absolute Gasteiger partial charge is 0.465 e. The number of fused-ring (bicyclic) bond motifs is 1. The first kappa shape index (κ1) is 25.8. The van der Waals surface area contributed by atoms with Crippen molar-refractivity contribution >= 4 is 35.3 Å². The number of thiazole rings is 1. The van der Waals surface area contributed by atoms with E-state index in [9.17, 15) is 19.2 Å². The predicted molar refractivity (Wildman–Crippen MR) is 136 cm³/mol. The van der Waals surface area contributed by atoms with Gasteiger partial charge in [0.1, 0.15) is 5.75 Å². The van der Waals surface area contributed by atoms with Gasteiger partial charge in [-0.2, -0.15) is 0 Å². The minimum absolute atomic E-state index is 0.159. The molecule has 3 aromatic rings. The second-order valence-electron chi connectivity index (χ2n) is 8.08. The van der Waals surface area contributed by atoms with Crippen molar-refractivity contribution in [3.63, 3.8) is 0 Å². The highest BCUT2D eigenvalue weighted by Gasteiger charge is 2.33. The van der Waals surface area contributed by atoms with E-state index < -0.39 is 23.9 Å². The van der Waals surface area contributed by atoms with Crippen molar-refractivity contribution < 1.29 is 28.6 Å². The van der Waals surface area contributed by atoms with E-state index in [-0.39, 0.29) is 17.7 Å². The molecule has 0 saturated carbocycles. The molecule has 0 aliphatic carbocycles. The Hall–Kier alpha value is -4.31. The van der Waals surface area contributed by atoms with E-state index in [4.69, 9.17) is 14.2 Å². The van der Waals surface area contributed by atoms with Crippen LogP contribution in [0.5, 0.6) is 5.75 Å². The third kappa shape index (κ3) is 5.29. The lowest BCUT2D eigenvalue weighted by Crippen LogP contribution is -2.40. The molecule has 0 radical (unpaired) electrons. The molecule has 1 unspecified atom stereocenters. The molecule has 0 N–H and O–H groups in total. The molecule has 0 saturated heterocycles. The third-order valence-electron chi connectivity index (χ3n) is 5.58. The number of carbonyl (C=O) groups is 3. The summed E-state index contributed by atoms with van der Waals surface area (Å²) in [5, 5.41) is 0. The van der Waals surface area contributed by atoms with E-state index in [0.717, 1.165) is 0 Å². The summed E-state index contributed by atoms with van der Waals surface area (Å²) >= 11 is 1.18. The van der Waals surface area contributed by atoms with Crippen molar-refractivity contribution in [2.75, 3.05) is 13.7 Å². The Morgan fingerprint density at radius 2 is 1.84 bits per heavy atom. The normalized spacial score (nSPS) is 15.0. The molecule has 1 aliphatic heterocycles. The molecular formula is C27H24N2O7S. The number of benzene rings is 2. The van der Waals surface area contributed by atoms with Gasteiger partial charge in [-0.1, -0.05) is 35.6 Å². The number of esters is 3. The zero-order valence-electron chi connectivity index (χ0n) is 20.6. The van der Waals surface area contributed by atoms with Crippen molar-refractivity contribution in [2.45, 2.75) is 26.8 Å². The number of aromatic nitrogens is 1. The van der Waals surface area contributed by atoms with Gasteiger partial charge >= 0.3 is 17.9 Å². The van der Waals surface area contributed by atoms with Crippen molar-refractivity contribution in [3.05, 3.63) is 96.2 Å². The van der Waals surface area contributed by atoms with Crippen LogP contribution in [-0.2, 0) is 19.1 Å². The van der Waals surface area contributed by atoms with E-state index in [1.54, 1.807) is 68.5 Å². The maximum Gasteiger partial charge on any atom is 0.338 e. The van der Waals surface area contributed by atoms with Crippen molar-refractivity contribution in [1.29, 1.82) is 0 Å². The van der Waals surface area contributed by atoms with Gasteiger partial charge in [0, 0.05) is 6.92 Å². The van der Waals surface area contributed by atoms with E-state index in [1.165, 1.54) is 29.9 Å². The van der Waals surface area contributed by atoms with E-state index in [0.29, 0.717) is 37.5 Å². The van der Waals surface area contributed by atoms with Gasteiger partial charge in [0.2, 0.25) is 0 Å². The van der Waals surface area contributed by atoms with Crippen molar-refractivity contribution in [1.82, 2.24) is 4.57 Å². The number of rotatable bonds is 6. The maximum atomic E-state index is 13.7. The Bertz CT molecular complexity index is 1600. The number of hydrogen-bond acceptors (Lipinski definition) is 9. The zero-order valence-corrected chi connectivity index (χ0v) is 21.5. The summed E-state index contributed by atoms with van der Waals surface area (Å²) in [6, 6.07) is 12.5. The Balaban J connectivity index is 1.88. The summed E-state index contributed by atoms with van der Waals surface area (Å²) in [4.78, 5) is 54.8. The minimum Gasteiger partial charge on any atom is -0.465 e. The van der Waals surface area contributed by atoms with Gasteiger partial charge in [0.25, 0.3) is 5.56 Å². The summed E-state index contributed by atoms with van der Waals surface area (Å²) in [5.74, 6) is -1.16. The fourth-order valence-electron chi connectivity index (χ4n) is 4.01. The number of methoxy groups -OCH3 is 1. The maximum absolute atomic E-state index is 13.7. The van der Waals surface area contributed by atoms with E-state index in [2.05, 4.69) is 4.99 Å². The molecule has 1 atom stereocenters. The van der Waals surface area contributed by atoms with Crippen LogP contribution in [0.2, 0.25) is 0 Å². The molecule has 1 aromatic heterocycles. The first-order valence-corrected chi connectivity index (χ1v) is 12.2. The number of ether oxygens (including phenoxy) is 3. The molecule has 9 nitrogen and oxygen atoms in total. The standard InChI is InChI=1S/C27H24N2O7S/c1-5-35-26(33)22-15(2)28-27-29(23(22)18-9-11-19(12-10-18)25(32)34-4)24(31)21(37-27)14-17-7-6-8-20(13-17)36-16(3)30/h6-14,23H,5H2,1-4H3. The summed E-state index contributed by atoms with van der Waals surface area (Å²) in [7, 11) is 1.29. The van der Waals surface area contributed by atoms with Gasteiger partial charge in [0.05, 0.1) is 41.1 Å². The van der Waals surface area contributed by atoms with E-state index >= 15 is 0 Å². The lowest BCUT2D eigenvalue weighted by Gasteiger charge is -2.24. The van der Waals surface area contributed by atoms with E-state index in [1.807, 2.05) is 0 Å². The Labute approximate surface area is 215 Å². The molecular weight excluding hydrogens is 496 g/mol. The van der Waals surface area contributed by atoms with Crippen LogP contribution in [0.25, 0.3) is 6.08 Å². The second kappa shape index (κ2) is 10.8. The van der Waals surface area contributed by atoms with Gasteiger partial charge in [-0.15, -0.1) is 0 Å². The van der Waals surface area contributed by atoms with Gasteiger partial charge in [0.15, 0.2) is 4.80 Å². The van der Waals surface area contributed by atoms with Gasteiger partial charge in [-0.05, 0) is 55.3 Å². The highest BCUT2D eigenvalue weighted by atomic mass is 32.1. The molecule has 1 aliphatic rings. The topological polar surface area (TPSA) is 113 Å². The quantitative estimate of drug-likeness (QED) is 0.363. The fraction of sp³-hybridized carbons (Fsp3) is 0.222. The molecule has 0 amide bonds. The first-order chi connectivity index (χ1) is 17.7. The number of allylic oxidation sites excluding steroid dienone is 1. The zero-order chi connectivity index (χ0) is 26.7. The second-order valence-corrected chi connectivity index (χ2v) is 9.09. The smallest absolute Gasteiger partial charge is 0.338 e. The highest BCUT2D eigenvalue weighted by molar-refractivity contribution is 7.07. The summed E-state index contributed by atoms with van der Waals surface area (Å²) in [5.41, 5.74) is 1.93. The minimum atomic E-state index is -0.809. The van der Waals surface area contributed by atoms with Crippen molar-refractivity contribution in [3.8, 4) is 5.75 Å². The molecule has 4 rings (SSSR count). The molecule has 0 spiro atoms. The molecule has 2 aromatic carbocycles. The number of nitrogens with zero attached hydrogens (tertiary/aromatic N) is 2. The Morgan fingerprint density at radius 3 is 2.49 bits per heavy atom. The predicted octanol–water partition coefficient (Wildman–Crippen LogP) is 2.51. The SMILES string of the molecule is CCOC(=O)C1=C(C)N=c2sc(=Cc3cccc(OC(C)=O)c3)c(=O)n2C1c1ccc(C(=O)OC)cc1. The average Bonchev–Trinajstić information content (AvgIpc) is 3.16. The number of carbonyl (C=O) groups excluding carboxylic acids is 3. The van der Waals surface area contributed by atoms with Crippen LogP contribution >= 0.6 is 11.3 Å². The molecule has 190 valence electrons. The average molecular weight is 521 g/mol. The van der Waals surface area contributed by atoms with Crippen LogP contribution in [0.15, 0.2) is 69.6 Å². The van der Waals surface area contributed by atoms with Crippen LogP contribution in [0, 0.1) is 0 Å². The van der Waals surface area contributed by atoms with Crippen LogP contribution in [-0.4, -0.2) is 36.2 Å². The van der Waals surface area contributed by atoms with Gasteiger partial charge in [-0.3, -0.25) is 14.2 Å². The van der Waals surface area contributed by atoms with Crippen LogP contribution < -0.4 is 19.6 Å². The summed E-state index contributed by atoms with van der Waals surface area (Å²) < 4.78 is 17.0. The van der Waals surface area contributed by atoms with Crippen LogP contribution in [0.4, 0.5) is 0 Å². The Morgan fingerprint density at radius 1 is 1.11 bits per heavy atom. The fourth-order valence-corrected chi connectivity index (χ4v) is 5.06. The summed E-state index contributed by atoms with van der Waals surface area (Å²) in [6.07, 6.45) is 1.68. The molecule has 0 bridgehead atoms. The van der Waals surface area contributed by atoms with Gasteiger partial charge < -0.3 is 14.2 Å². The Kier molecular flexibility index (Phi) is 7.49. The highest BCUT2D eigenvalue weighted by Crippen LogP contribution is 2.31. The summed E-state index contributed by atoms with van der Waals surface area (Å²) in [6.45, 7) is 4.87. The van der Waals surface area contributed by atoms with Crippen LogP contribution in [0.3, 0.4) is 0 Å². The monoisotopic (exact) mass is 520 g/mol. The molecule has 2 heterocycles. The lowest BCUT2D eigenvalue weighted by atomic mass is 9.95. The first-order valence-electron chi connectivity index (χ1n) is 11.4. The molecule has 0 fully saturated rings. The molecule has 37 heavy (non-hydrogen) atoms. The van der Waals surface area contributed by atoms with Gasteiger partial charge in [-0.25, -0.2) is 14.6 Å². The van der Waals surface area contributed by atoms with Crippen LogP contribution in [0.1, 0.15) is 48.3 Å². The molecule has 10 heteroatoms. The number of hydrogen-bond donors (Lipinski definition) is 0.